The quantitative estimate of drug-likeness (QED) is 0.479. The smallest absolute Gasteiger partial charge is 0.337 e. The van der Waals surface area contributed by atoms with E-state index < -0.39 is 17.9 Å². The molecule has 4 rings (SSSR count). The van der Waals surface area contributed by atoms with Crippen LogP contribution in [0.2, 0.25) is 0 Å². The number of anilines is 1. The normalized spacial score (nSPS) is 18.6. The van der Waals surface area contributed by atoms with Crippen molar-refractivity contribution in [3.05, 3.63) is 59.7 Å². The van der Waals surface area contributed by atoms with E-state index in [9.17, 15) is 19.2 Å². The number of amides is 3. The molecule has 2 aliphatic rings. The van der Waals surface area contributed by atoms with Crippen LogP contribution < -0.4 is 9.64 Å². The summed E-state index contributed by atoms with van der Waals surface area (Å²) in [6.07, 6.45) is 4.57. The molecule has 2 aromatic rings. The maximum absolute atomic E-state index is 13.6. The van der Waals surface area contributed by atoms with Gasteiger partial charge < -0.3 is 14.4 Å². The Morgan fingerprint density at radius 3 is 2.09 bits per heavy atom. The molecule has 0 spiro atoms. The molecule has 178 valence electrons. The van der Waals surface area contributed by atoms with Gasteiger partial charge in [0.25, 0.3) is 11.8 Å². The second-order valence-electron chi connectivity index (χ2n) is 8.56. The molecule has 1 aliphatic heterocycles. The van der Waals surface area contributed by atoms with Crippen LogP contribution in [0.1, 0.15) is 59.2 Å². The molecule has 2 fully saturated rings. The first-order valence-corrected chi connectivity index (χ1v) is 11.5. The first kappa shape index (κ1) is 23.5. The van der Waals surface area contributed by atoms with Gasteiger partial charge in [-0.1, -0.05) is 19.3 Å². The van der Waals surface area contributed by atoms with E-state index in [1.165, 1.54) is 19.2 Å². The number of ether oxygens (including phenoxy) is 2. The van der Waals surface area contributed by atoms with Gasteiger partial charge in [0.2, 0.25) is 5.91 Å². The molecule has 1 saturated heterocycles. The van der Waals surface area contributed by atoms with Gasteiger partial charge in [0.1, 0.15) is 11.8 Å². The van der Waals surface area contributed by atoms with Gasteiger partial charge in [-0.15, -0.1) is 0 Å². The third kappa shape index (κ3) is 4.53. The van der Waals surface area contributed by atoms with Crippen molar-refractivity contribution >= 4 is 29.4 Å². The highest BCUT2D eigenvalue weighted by Crippen LogP contribution is 2.32. The monoisotopic (exact) mass is 464 g/mol. The van der Waals surface area contributed by atoms with E-state index in [0.717, 1.165) is 37.0 Å². The van der Waals surface area contributed by atoms with E-state index in [4.69, 9.17) is 9.47 Å². The first-order valence-electron chi connectivity index (χ1n) is 11.5. The summed E-state index contributed by atoms with van der Waals surface area (Å²) in [5.74, 6) is -0.928. The van der Waals surface area contributed by atoms with Crippen LogP contribution >= 0.6 is 0 Å². The zero-order valence-electron chi connectivity index (χ0n) is 19.4. The molecule has 1 unspecified atom stereocenters. The highest BCUT2D eigenvalue weighted by molar-refractivity contribution is 6.23. The molecule has 3 amide bonds. The lowest BCUT2D eigenvalue weighted by atomic mass is 9.92. The Morgan fingerprint density at radius 2 is 1.50 bits per heavy atom. The molecule has 0 aromatic heterocycles. The fraction of sp³-hybridized carbons (Fsp3) is 0.385. The summed E-state index contributed by atoms with van der Waals surface area (Å²) in [5, 5.41) is 0. The van der Waals surface area contributed by atoms with Crippen LogP contribution in [0, 0.1) is 0 Å². The van der Waals surface area contributed by atoms with E-state index in [1.807, 2.05) is 0 Å². The SMILES string of the molecule is COC(=O)c1ccc(N2C(=O)CC(N(C(=O)c3ccc(OC)cc3)C3CCCCC3)C2=O)cc1. The van der Waals surface area contributed by atoms with Crippen LogP contribution in [0.15, 0.2) is 48.5 Å². The van der Waals surface area contributed by atoms with Crippen LogP contribution in [-0.2, 0) is 14.3 Å². The minimum absolute atomic E-state index is 0.0734. The second-order valence-corrected chi connectivity index (χ2v) is 8.56. The number of esters is 1. The van der Waals surface area contributed by atoms with E-state index >= 15 is 0 Å². The van der Waals surface area contributed by atoms with Crippen LogP contribution in [0.4, 0.5) is 5.69 Å². The standard InChI is InChI=1S/C26H28N2O6/c1-33-21-14-10-17(11-15-21)24(30)27(19-6-4-3-5-7-19)22-16-23(29)28(25(22)31)20-12-8-18(9-13-20)26(32)34-2/h8-15,19,22H,3-7,16H2,1-2H3. The number of carbonyl (C=O) groups is 4. The molecule has 1 aliphatic carbocycles. The Labute approximate surface area is 198 Å². The average Bonchev–Trinajstić information content (AvgIpc) is 3.17. The zero-order valence-corrected chi connectivity index (χ0v) is 19.4. The number of benzene rings is 2. The van der Waals surface area contributed by atoms with Crippen molar-refractivity contribution in [1.82, 2.24) is 4.90 Å². The zero-order chi connectivity index (χ0) is 24.2. The van der Waals surface area contributed by atoms with E-state index in [1.54, 1.807) is 48.4 Å². The molecule has 1 heterocycles. The molecule has 0 bridgehead atoms. The highest BCUT2D eigenvalue weighted by Gasteiger charge is 2.46. The number of methoxy groups -OCH3 is 2. The van der Waals surface area contributed by atoms with Crippen molar-refractivity contribution in [3.63, 3.8) is 0 Å². The van der Waals surface area contributed by atoms with Crippen molar-refractivity contribution in [2.75, 3.05) is 19.1 Å². The van der Waals surface area contributed by atoms with Crippen LogP contribution in [0.5, 0.6) is 5.75 Å². The number of imide groups is 1. The van der Waals surface area contributed by atoms with Gasteiger partial charge in [0.05, 0.1) is 31.9 Å². The number of hydrogen-bond acceptors (Lipinski definition) is 6. The van der Waals surface area contributed by atoms with Gasteiger partial charge in [-0.2, -0.15) is 0 Å². The minimum Gasteiger partial charge on any atom is -0.497 e. The molecule has 1 atom stereocenters. The predicted octanol–water partition coefficient (Wildman–Crippen LogP) is 3.59. The van der Waals surface area contributed by atoms with Crippen molar-refractivity contribution in [1.29, 1.82) is 0 Å². The lowest BCUT2D eigenvalue weighted by Crippen LogP contribution is -2.51. The predicted molar refractivity (Wildman–Crippen MR) is 125 cm³/mol. The number of carbonyl (C=O) groups excluding carboxylic acids is 4. The molecule has 0 radical (unpaired) electrons. The summed E-state index contributed by atoms with van der Waals surface area (Å²) >= 11 is 0. The van der Waals surface area contributed by atoms with Gasteiger partial charge in [-0.25, -0.2) is 9.69 Å². The van der Waals surface area contributed by atoms with Crippen molar-refractivity contribution in [3.8, 4) is 5.75 Å². The van der Waals surface area contributed by atoms with Gasteiger partial charge >= 0.3 is 5.97 Å². The summed E-state index contributed by atoms with van der Waals surface area (Å²) in [4.78, 5) is 54.6. The van der Waals surface area contributed by atoms with Crippen molar-refractivity contribution in [2.24, 2.45) is 0 Å². The Kier molecular flexibility index (Phi) is 6.95. The average molecular weight is 465 g/mol. The topological polar surface area (TPSA) is 93.2 Å². The molecule has 1 saturated carbocycles. The summed E-state index contributed by atoms with van der Waals surface area (Å²) < 4.78 is 9.89. The number of nitrogens with zero attached hydrogens (tertiary/aromatic N) is 2. The Hall–Kier alpha value is -3.68. The molecular formula is C26H28N2O6. The maximum atomic E-state index is 13.6. The Balaban J connectivity index is 1.63. The molecule has 0 N–H and O–H groups in total. The molecule has 8 heteroatoms. The van der Waals surface area contributed by atoms with E-state index in [2.05, 4.69) is 0 Å². The fourth-order valence-electron chi connectivity index (χ4n) is 4.77. The second kappa shape index (κ2) is 10.1. The summed E-state index contributed by atoms with van der Waals surface area (Å²) in [7, 11) is 2.84. The minimum atomic E-state index is -0.870. The Morgan fingerprint density at radius 1 is 0.882 bits per heavy atom. The number of rotatable bonds is 6. The molecule has 34 heavy (non-hydrogen) atoms. The first-order chi connectivity index (χ1) is 16.4. The van der Waals surface area contributed by atoms with Gasteiger partial charge in [-0.3, -0.25) is 14.4 Å². The van der Waals surface area contributed by atoms with Crippen LogP contribution in [0.3, 0.4) is 0 Å². The third-order valence-electron chi connectivity index (χ3n) is 6.54. The fourth-order valence-corrected chi connectivity index (χ4v) is 4.77. The Bertz CT molecular complexity index is 1070. The molecular weight excluding hydrogens is 436 g/mol. The molecule has 8 nitrogen and oxygen atoms in total. The lowest BCUT2D eigenvalue weighted by Gasteiger charge is -2.37. The highest BCUT2D eigenvalue weighted by atomic mass is 16.5. The van der Waals surface area contributed by atoms with Crippen molar-refractivity contribution in [2.45, 2.75) is 50.6 Å². The maximum Gasteiger partial charge on any atom is 0.337 e. The summed E-state index contributed by atoms with van der Waals surface area (Å²) in [6, 6.07) is 11.9. The third-order valence-corrected chi connectivity index (χ3v) is 6.54. The van der Waals surface area contributed by atoms with Gasteiger partial charge in [-0.05, 0) is 61.4 Å². The van der Waals surface area contributed by atoms with Gasteiger partial charge in [0, 0.05) is 11.6 Å². The number of hydrogen-bond donors (Lipinski definition) is 0. The summed E-state index contributed by atoms with van der Waals surface area (Å²) in [6.45, 7) is 0. The van der Waals surface area contributed by atoms with E-state index in [-0.39, 0.29) is 24.3 Å². The molecule has 2 aromatic carbocycles. The summed E-state index contributed by atoms with van der Waals surface area (Å²) in [5.41, 5.74) is 1.14. The lowest BCUT2D eigenvalue weighted by molar-refractivity contribution is -0.123. The van der Waals surface area contributed by atoms with Crippen molar-refractivity contribution < 1.29 is 28.7 Å². The van der Waals surface area contributed by atoms with Crippen LogP contribution in [0.25, 0.3) is 0 Å². The van der Waals surface area contributed by atoms with Gasteiger partial charge in [0.15, 0.2) is 0 Å². The largest absolute Gasteiger partial charge is 0.497 e. The van der Waals surface area contributed by atoms with Crippen LogP contribution in [-0.4, -0.2) is 54.9 Å². The van der Waals surface area contributed by atoms with E-state index in [0.29, 0.717) is 22.6 Å².